The van der Waals surface area contributed by atoms with Crippen LogP contribution in [0.5, 0.6) is 0 Å². The molecule has 15 heavy (non-hydrogen) atoms. The first-order valence-electron chi connectivity index (χ1n) is 6.04. The lowest BCUT2D eigenvalue weighted by molar-refractivity contribution is -0.117. The van der Waals surface area contributed by atoms with E-state index in [0.717, 1.165) is 38.3 Å². The fourth-order valence-corrected chi connectivity index (χ4v) is 2.29. The lowest BCUT2D eigenvalue weighted by Crippen LogP contribution is -2.40. The predicted octanol–water partition coefficient (Wildman–Crippen LogP) is 1.32. The topological polar surface area (TPSA) is 29.5 Å². The number of hydrogen-bond donors (Lipinski definition) is 0. The number of rotatable bonds is 6. The summed E-state index contributed by atoms with van der Waals surface area (Å²) in [4.78, 5) is 13.6. The zero-order valence-electron chi connectivity index (χ0n) is 9.58. The maximum Gasteiger partial charge on any atom is 0.129 e. The van der Waals surface area contributed by atoms with Crippen LogP contribution in [0.4, 0.5) is 0 Å². The molecule has 1 aliphatic heterocycles. The molecular weight excluding hydrogens is 190 g/mol. The van der Waals surface area contributed by atoms with Crippen molar-refractivity contribution in [2.75, 3.05) is 32.8 Å². The van der Waals surface area contributed by atoms with Crippen LogP contribution < -0.4 is 0 Å². The molecule has 1 saturated carbocycles. The molecule has 2 aliphatic rings. The van der Waals surface area contributed by atoms with Gasteiger partial charge in [-0.2, -0.15) is 0 Å². The van der Waals surface area contributed by atoms with Gasteiger partial charge in [0, 0.05) is 19.7 Å². The molecule has 0 radical (unpaired) electrons. The number of carbonyl (C=O) groups excluding carboxylic acids is 1. The molecule has 1 heterocycles. The molecule has 0 aromatic carbocycles. The van der Waals surface area contributed by atoms with Crippen molar-refractivity contribution in [2.45, 2.75) is 26.2 Å². The predicted molar refractivity (Wildman–Crippen MR) is 58.8 cm³/mol. The van der Waals surface area contributed by atoms with E-state index in [2.05, 4.69) is 11.8 Å². The number of ether oxygens (including phenoxy) is 1. The van der Waals surface area contributed by atoms with Crippen LogP contribution in [0.1, 0.15) is 26.2 Å². The van der Waals surface area contributed by atoms with Gasteiger partial charge in [-0.3, -0.25) is 0 Å². The molecule has 86 valence electrons. The summed E-state index contributed by atoms with van der Waals surface area (Å²) in [5, 5.41) is 0. The molecule has 2 fully saturated rings. The Bertz CT molecular complexity index is 220. The third kappa shape index (κ3) is 2.79. The summed E-state index contributed by atoms with van der Waals surface area (Å²) in [5.74, 6) is 0.899. The number of hydrogen-bond acceptors (Lipinski definition) is 3. The summed E-state index contributed by atoms with van der Waals surface area (Å²) in [5.41, 5.74) is -0.203. The smallest absolute Gasteiger partial charge is 0.129 e. The number of carbonyl (C=O) groups is 1. The fourth-order valence-electron chi connectivity index (χ4n) is 2.29. The Morgan fingerprint density at radius 2 is 2.33 bits per heavy atom. The van der Waals surface area contributed by atoms with E-state index in [1.165, 1.54) is 19.4 Å². The molecule has 0 aromatic heterocycles. The minimum Gasteiger partial charge on any atom is -0.380 e. The highest BCUT2D eigenvalue weighted by Gasteiger charge is 2.37. The van der Waals surface area contributed by atoms with Gasteiger partial charge in [0.1, 0.15) is 6.29 Å². The maximum absolute atomic E-state index is 11.2. The van der Waals surface area contributed by atoms with Crippen molar-refractivity contribution < 1.29 is 9.53 Å². The van der Waals surface area contributed by atoms with Gasteiger partial charge >= 0.3 is 0 Å². The van der Waals surface area contributed by atoms with E-state index in [4.69, 9.17) is 4.74 Å². The van der Waals surface area contributed by atoms with E-state index >= 15 is 0 Å². The van der Waals surface area contributed by atoms with E-state index in [9.17, 15) is 4.79 Å². The van der Waals surface area contributed by atoms with Crippen LogP contribution in [0.25, 0.3) is 0 Å². The van der Waals surface area contributed by atoms with Crippen molar-refractivity contribution in [3.63, 3.8) is 0 Å². The van der Waals surface area contributed by atoms with Crippen LogP contribution in [-0.4, -0.2) is 44.0 Å². The first-order chi connectivity index (χ1) is 7.28. The molecule has 1 unspecified atom stereocenters. The van der Waals surface area contributed by atoms with Gasteiger partial charge < -0.3 is 14.4 Å². The van der Waals surface area contributed by atoms with E-state index in [1.807, 2.05) is 0 Å². The summed E-state index contributed by atoms with van der Waals surface area (Å²) in [6.07, 6.45) is 4.77. The van der Waals surface area contributed by atoms with Crippen LogP contribution in [0, 0.1) is 11.3 Å². The zero-order valence-corrected chi connectivity index (χ0v) is 9.58. The average molecular weight is 211 g/mol. The van der Waals surface area contributed by atoms with Crippen molar-refractivity contribution in [2.24, 2.45) is 11.3 Å². The normalized spacial score (nSPS) is 31.1. The van der Waals surface area contributed by atoms with E-state index < -0.39 is 0 Å². The van der Waals surface area contributed by atoms with Crippen LogP contribution >= 0.6 is 0 Å². The van der Waals surface area contributed by atoms with Crippen molar-refractivity contribution in [1.82, 2.24) is 4.90 Å². The molecule has 0 N–H and O–H groups in total. The second-order valence-electron chi connectivity index (χ2n) is 5.05. The lowest BCUT2D eigenvalue weighted by atomic mass is 9.88. The number of nitrogens with zero attached hydrogens (tertiary/aromatic N) is 1. The highest BCUT2D eigenvalue weighted by Crippen LogP contribution is 2.32. The second kappa shape index (κ2) is 4.62. The van der Waals surface area contributed by atoms with Crippen LogP contribution in [0.3, 0.4) is 0 Å². The van der Waals surface area contributed by atoms with Crippen LogP contribution in [0.15, 0.2) is 0 Å². The summed E-state index contributed by atoms with van der Waals surface area (Å²) in [7, 11) is 0. The summed E-state index contributed by atoms with van der Waals surface area (Å²) in [6, 6.07) is 0. The molecule has 0 bridgehead atoms. The van der Waals surface area contributed by atoms with Gasteiger partial charge in [-0.15, -0.1) is 0 Å². The van der Waals surface area contributed by atoms with E-state index in [0.29, 0.717) is 6.61 Å². The Balaban J connectivity index is 1.87. The Morgan fingerprint density at radius 1 is 1.53 bits per heavy atom. The Hall–Kier alpha value is -0.410. The number of aldehydes is 1. The highest BCUT2D eigenvalue weighted by atomic mass is 16.5. The second-order valence-corrected chi connectivity index (χ2v) is 5.05. The summed E-state index contributed by atoms with van der Waals surface area (Å²) < 4.78 is 5.36. The van der Waals surface area contributed by atoms with Gasteiger partial charge in [0.15, 0.2) is 0 Å². The van der Waals surface area contributed by atoms with Crippen molar-refractivity contribution >= 4 is 6.29 Å². The van der Waals surface area contributed by atoms with Crippen LogP contribution in [0.2, 0.25) is 0 Å². The molecule has 3 nitrogen and oxygen atoms in total. The quantitative estimate of drug-likeness (QED) is 0.621. The van der Waals surface area contributed by atoms with Gasteiger partial charge in [0.2, 0.25) is 0 Å². The standard InChI is InChI=1S/C12H21NO2/c1-2-13(7-11-3-4-11)8-12(9-14)5-6-15-10-12/h9,11H,2-8,10H2,1H3. The summed E-state index contributed by atoms with van der Waals surface area (Å²) >= 11 is 0. The van der Waals surface area contributed by atoms with Gasteiger partial charge in [-0.05, 0) is 31.7 Å². The summed E-state index contributed by atoms with van der Waals surface area (Å²) in [6.45, 7) is 6.66. The molecule has 0 spiro atoms. The zero-order chi connectivity index (χ0) is 10.7. The van der Waals surface area contributed by atoms with Gasteiger partial charge in [-0.25, -0.2) is 0 Å². The molecule has 2 rings (SSSR count). The Morgan fingerprint density at radius 3 is 2.80 bits per heavy atom. The van der Waals surface area contributed by atoms with E-state index in [-0.39, 0.29) is 5.41 Å². The monoisotopic (exact) mass is 211 g/mol. The minimum atomic E-state index is -0.203. The van der Waals surface area contributed by atoms with Gasteiger partial charge in [0.25, 0.3) is 0 Å². The van der Waals surface area contributed by atoms with Crippen LogP contribution in [-0.2, 0) is 9.53 Å². The van der Waals surface area contributed by atoms with E-state index in [1.54, 1.807) is 0 Å². The van der Waals surface area contributed by atoms with Gasteiger partial charge in [-0.1, -0.05) is 6.92 Å². The molecule has 0 aromatic rings. The largest absolute Gasteiger partial charge is 0.380 e. The molecule has 1 saturated heterocycles. The Kier molecular flexibility index (Phi) is 3.42. The SMILES string of the molecule is CCN(CC1CC1)CC1(C=O)CCOC1. The van der Waals surface area contributed by atoms with Gasteiger partial charge in [0.05, 0.1) is 12.0 Å². The molecule has 1 aliphatic carbocycles. The maximum atomic E-state index is 11.2. The molecule has 3 heteroatoms. The van der Waals surface area contributed by atoms with Crippen molar-refractivity contribution in [1.29, 1.82) is 0 Å². The first-order valence-corrected chi connectivity index (χ1v) is 6.04. The highest BCUT2D eigenvalue weighted by molar-refractivity contribution is 5.60. The molecule has 0 amide bonds. The molecule has 1 atom stereocenters. The molecular formula is C12H21NO2. The average Bonchev–Trinajstić information content (AvgIpc) is 2.95. The van der Waals surface area contributed by atoms with Crippen molar-refractivity contribution in [3.8, 4) is 0 Å². The lowest BCUT2D eigenvalue weighted by Gasteiger charge is -2.29. The third-order valence-electron chi connectivity index (χ3n) is 3.58. The third-order valence-corrected chi connectivity index (χ3v) is 3.58. The Labute approximate surface area is 91.8 Å². The van der Waals surface area contributed by atoms with Crippen molar-refractivity contribution in [3.05, 3.63) is 0 Å². The first kappa shape index (κ1) is 11.1. The fraction of sp³-hybridized carbons (Fsp3) is 0.917. The minimum absolute atomic E-state index is 0.203.